The van der Waals surface area contributed by atoms with Crippen molar-refractivity contribution in [3.63, 3.8) is 0 Å². The minimum absolute atomic E-state index is 0.00751. The van der Waals surface area contributed by atoms with Gasteiger partial charge in [0.25, 0.3) is 5.88 Å². The maximum Gasteiger partial charge on any atom is 0.276 e. The number of aliphatic hydroxyl groups excluding tert-OH is 1. The van der Waals surface area contributed by atoms with Crippen LogP contribution >= 0.6 is 0 Å². The maximum absolute atomic E-state index is 14.6. The van der Waals surface area contributed by atoms with Crippen LogP contribution < -0.4 is 19.5 Å². The van der Waals surface area contributed by atoms with E-state index in [0.717, 1.165) is 6.20 Å². The lowest BCUT2D eigenvalue weighted by Gasteiger charge is -2.32. The van der Waals surface area contributed by atoms with Gasteiger partial charge in [-0.2, -0.15) is 5.10 Å². The quantitative estimate of drug-likeness (QED) is 0.522. The molecule has 0 bridgehead atoms. The third-order valence-corrected chi connectivity index (χ3v) is 5.71. The predicted molar refractivity (Wildman–Crippen MR) is 117 cm³/mol. The molecule has 2 aromatic heterocycles. The number of nitrogens with zero attached hydrogens (tertiary/aromatic N) is 3. The zero-order valence-electron chi connectivity index (χ0n) is 18.6. The number of benzene rings is 1. The van der Waals surface area contributed by atoms with Gasteiger partial charge in [0.1, 0.15) is 30.9 Å². The van der Waals surface area contributed by atoms with Crippen LogP contribution in [0.25, 0.3) is 10.9 Å². The summed E-state index contributed by atoms with van der Waals surface area (Å²) in [6.45, 7) is 2.00. The topological polar surface area (TPSA) is 117 Å². The van der Waals surface area contributed by atoms with Crippen LogP contribution in [0.3, 0.4) is 0 Å². The molecule has 10 nitrogen and oxygen atoms in total. The number of rotatable bonds is 7. The molecule has 5 rings (SSSR count). The normalized spacial score (nSPS) is 20.8. The molecular formula is C23H25FN4O6. The smallest absolute Gasteiger partial charge is 0.276 e. The Morgan fingerprint density at radius 1 is 1.18 bits per heavy atom. The van der Waals surface area contributed by atoms with Gasteiger partial charge < -0.3 is 34.1 Å². The molecular weight excluding hydrogens is 447 g/mol. The Hall–Kier alpha value is -3.12. The average Bonchev–Trinajstić information content (AvgIpc) is 2.89. The molecule has 2 aliphatic rings. The Balaban J connectivity index is 1.16. The average molecular weight is 472 g/mol. The van der Waals surface area contributed by atoms with Gasteiger partial charge in [0, 0.05) is 30.0 Å². The molecule has 0 radical (unpaired) electrons. The molecule has 1 aromatic carbocycles. The molecule has 4 heterocycles. The number of nitrogens with one attached hydrogen (secondary N) is 1. The van der Waals surface area contributed by atoms with Crippen molar-refractivity contribution in [3.05, 3.63) is 47.5 Å². The van der Waals surface area contributed by atoms with Crippen LogP contribution in [-0.4, -0.2) is 72.3 Å². The molecule has 2 N–H and O–H groups in total. The zero-order valence-corrected chi connectivity index (χ0v) is 18.6. The third-order valence-electron chi connectivity index (χ3n) is 5.71. The second-order valence-electron chi connectivity index (χ2n) is 8.05. The van der Waals surface area contributed by atoms with E-state index in [0.29, 0.717) is 72.5 Å². The van der Waals surface area contributed by atoms with Gasteiger partial charge in [-0.05, 0) is 18.2 Å². The molecule has 0 aliphatic carbocycles. The summed E-state index contributed by atoms with van der Waals surface area (Å²) >= 11 is 0. The van der Waals surface area contributed by atoms with E-state index < -0.39 is 18.2 Å². The van der Waals surface area contributed by atoms with E-state index in [1.54, 1.807) is 24.3 Å². The first kappa shape index (κ1) is 22.7. The van der Waals surface area contributed by atoms with Crippen molar-refractivity contribution in [2.45, 2.75) is 31.4 Å². The highest BCUT2D eigenvalue weighted by molar-refractivity contribution is 5.83. The highest BCUT2D eigenvalue weighted by atomic mass is 19.1. The van der Waals surface area contributed by atoms with E-state index in [2.05, 4.69) is 20.5 Å². The summed E-state index contributed by atoms with van der Waals surface area (Å²) in [6, 6.07) is 6.88. The Kier molecular flexibility index (Phi) is 6.68. The lowest BCUT2D eigenvalue weighted by molar-refractivity contribution is -0.230. The van der Waals surface area contributed by atoms with Gasteiger partial charge in [0.05, 0.1) is 43.8 Å². The van der Waals surface area contributed by atoms with Gasteiger partial charge in [0.2, 0.25) is 0 Å². The van der Waals surface area contributed by atoms with Gasteiger partial charge in [-0.3, -0.25) is 4.98 Å². The minimum atomic E-state index is -1.06. The number of halogens is 1. The number of hydrogen-bond acceptors (Lipinski definition) is 10. The molecule has 1 atom stereocenters. The van der Waals surface area contributed by atoms with E-state index in [-0.39, 0.29) is 12.5 Å². The molecule has 180 valence electrons. The number of methoxy groups -OCH3 is 1. The molecule has 1 saturated heterocycles. The standard InChI is InChI=1S/C23H25FN4O6/c1-30-15-2-3-19-17(7-15)16(18(24)10-26-19)8-20(29)23-33-11-14(12-34-23)25-9-13-6-21-22(28-27-13)32-5-4-31-21/h2-3,6-7,10,14,20,23,25,29H,4-5,8-9,11-12H2,1H3/t14?,20-,23?/m0/s1. The molecule has 1 fully saturated rings. The summed E-state index contributed by atoms with van der Waals surface area (Å²) in [7, 11) is 1.54. The summed E-state index contributed by atoms with van der Waals surface area (Å²) in [5.74, 6) is 1.05. The first-order chi connectivity index (χ1) is 16.6. The van der Waals surface area contributed by atoms with Crippen LogP contribution in [0.2, 0.25) is 0 Å². The zero-order chi connectivity index (χ0) is 23.5. The molecule has 0 unspecified atom stereocenters. The number of aliphatic hydroxyl groups is 1. The Morgan fingerprint density at radius 2 is 2.00 bits per heavy atom. The van der Waals surface area contributed by atoms with Gasteiger partial charge in [-0.1, -0.05) is 0 Å². The van der Waals surface area contributed by atoms with Gasteiger partial charge in [0.15, 0.2) is 12.0 Å². The van der Waals surface area contributed by atoms with Gasteiger partial charge in [-0.15, -0.1) is 5.10 Å². The number of ether oxygens (including phenoxy) is 5. The van der Waals surface area contributed by atoms with Crippen LogP contribution in [0.1, 0.15) is 11.3 Å². The first-order valence-corrected chi connectivity index (χ1v) is 11.0. The second-order valence-corrected chi connectivity index (χ2v) is 8.05. The molecule has 0 saturated carbocycles. The summed E-state index contributed by atoms with van der Waals surface area (Å²) in [5.41, 5.74) is 1.64. The second kappa shape index (κ2) is 10.0. The summed E-state index contributed by atoms with van der Waals surface area (Å²) in [4.78, 5) is 4.11. The van der Waals surface area contributed by atoms with Gasteiger partial charge >= 0.3 is 0 Å². The first-order valence-electron chi connectivity index (χ1n) is 11.0. The summed E-state index contributed by atoms with van der Waals surface area (Å²) in [6.07, 6.45) is -0.774. The number of aromatic nitrogens is 3. The monoisotopic (exact) mass is 472 g/mol. The predicted octanol–water partition coefficient (Wildman–Crippen LogP) is 1.38. The van der Waals surface area contributed by atoms with Crippen molar-refractivity contribution >= 4 is 10.9 Å². The van der Waals surface area contributed by atoms with E-state index >= 15 is 0 Å². The highest BCUT2D eigenvalue weighted by Gasteiger charge is 2.29. The van der Waals surface area contributed by atoms with Gasteiger partial charge in [-0.25, -0.2) is 4.39 Å². The molecule has 11 heteroatoms. The number of fused-ring (bicyclic) bond motifs is 2. The maximum atomic E-state index is 14.6. The van der Waals surface area contributed by atoms with Crippen LogP contribution in [0.15, 0.2) is 30.5 Å². The van der Waals surface area contributed by atoms with Crippen molar-refractivity contribution in [2.75, 3.05) is 33.5 Å². The van der Waals surface area contributed by atoms with Crippen molar-refractivity contribution in [3.8, 4) is 17.4 Å². The molecule has 2 aliphatic heterocycles. The lowest BCUT2D eigenvalue weighted by Crippen LogP contribution is -2.48. The van der Waals surface area contributed by atoms with Crippen molar-refractivity contribution in [2.24, 2.45) is 0 Å². The van der Waals surface area contributed by atoms with Crippen molar-refractivity contribution in [1.82, 2.24) is 20.5 Å². The number of hydrogen-bond donors (Lipinski definition) is 2. The minimum Gasteiger partial charge on any atom is -0.497 e. The van der Waals surface area contributed by atoms with Crippen LogP contribution in [-0.2, 0) is 22.4 Å². The molecule has 0 amide bonds. The molecule has 3 aromatic rings. The Morgan fingerprint density at radius 3 is 2.82 bits per heavy atom. The fourth-order valence-corrected chi connectivity index (χ4v) is 3.93. The van der Waals surface area contributed by atoms with E-state index in [1.807, 2.05) is 0 Å². The number of pyridine rings is 1. The lowest BCUT2D eigenvalue weighted by atomic mass is 10.0. The van der Waals surface area contributed by atoms with Crippen LogP contribution in [0.5, 0.6) is 17.4 Å². The summed E-state index contributed by atoms with van der Waals surface area (Å²) < 4.78 is 42.2. The van der Waals surface area contributed by atoms with Crippen LogP contribution in [0, 0.1) is 5.82 Å². The fraction of sp³-hybridized carbons (Fsp3) is 0.435. The van der Waals surface area contributed by atoms with E-state index in [4.69, 9.17) is 23.7 Å². The largest absolute Gasteiger partial charge is 0.497 e. The Labute approximate surface area is 195 Å². The fourth-order valence-electron chi connectivity index (χ4n) is 3.93. The van der Waals surface area contributed by atoms with E-state index in [9.17, 15) is 9.50 Å². The van der Waals surface area contributed by atoms with Crippen molar-refractivity contribution < 1.29 is 33.2 Å². The summed E-state index contributed by atoms with van der Waals surface area (Å²) in [5, 5.41) is 22.7. The Bertz CT molecular complexity index is 1160. The van der Waals surface area contributed by atoms with Crippen molar-refractivity contribution in [1.29, 1.82) is 0 Å². The van der Waals surface area contributed by atoms with Crippen LogP contribution in [0.4, 0.5) is 4.39 Å². The molecule has 34 heavy (non-hydrogen) atoms. The molecule has 0 spiro atoms. The highest BCUT2D eigenvalue weighted by Crippen LogP contribution is 2.28. The third kappa shape index (κ3) is 4.87. The van der Waals surface area contributed by atoms with E-state index in [1.165, 1.54) is 7.11 Å². The SMILES string of the molecule is COc1ccc2ncc(F)c(C[C@H](O)C3OCC(NCc4cc5c(nn4)OCCO5)CO3)c2c1.